The maximum atomic E-state index is 4.27. The predicted octanol–water partition coefficient (Wildman–Crippen LogP) is 3.78. The zero-order valence-electron chi connectivity index (χ0n) is 11.0. The molecule has 1 aromatic heterocycles. The first-order valence-electron chi connectivity index (χ1n) is 6.80. The van der Waals surface area contributed by atoms with Gasteiger partial charge in [-0.25, -0.2) is 0 Å². The van der Waals surface area contributed by atoms with Crippen LogP contribution in [0.2, 0.25) is 0 Å². The summed E-state index contributed by atoms with van der Waals surface area (Å²) in [6, 6.07) is 6.25. The third-order valence-electron chi connectivity index (χ3n) is 3.79. The van der Waals surface area contributed by atoms with E-state index in [-0.39, 0.29) is 0 Å². The molecule has 0 spiro atoms. The summed E-state index contributed by atoms with van der Waals surface area (Å²) in [6.07, 6.45) is 6.30. The first kappa shape index (κ1) is 12.8. The van der Waals surface area contributed by atoms with Gasteiger partial charge in [-0.05, 0) is 63.8 Å². The number of hydrogen-bond acceptors (Lipinski definition) is 3. The van der Waals surface area contributed by atoms with Gasteiger partial charge < -0.3 is 0 Å². The zero-order chi connectivity index (χ0) is 13.2. The number of halogens is 1. The highest BCUT2D eigenvalue weighted by Gasteiger charge is 2.23. The fraction of sp³-hybridized carbons (Fsp3) is 0.500. The number of aromatic nitrogens is 4. The summed E-state index contributed by atoms with van der Waals surface area (Å²) >= 11 is 3.59. The van der Waals surface area contributed by atoms with Crippen LogP contribution >= 0.6 is 15.9 Å². The quantitative estimate of drug-likeness (QED) is 0.845. The Morgan fingerprint density at radius 3 is 2.79 bits per heavy atom. The molecule has 0 radical (unpaired) electrons. The van der Waals surface area contributed by atoms with Crippen molar-refractivity contribution in [1.82, 2.24) is 20.2 Å². The number of aryl methyl sites for hydroxylation is 1. The average Bonchev–Trinajstić information content (AvgIpc) is 2.91. The van der Waals surface area contributed by atoms with Crippen LogP contribution in [0.5, 0.6) is 0 Å². The van der Waals surface area contributed by atoms with Crippen LogP contribution in [0.15, 0.2) is 22.7 Å². The van der Waals surface area contributed by atoms with E-state index in [4.69, 9.17) is 0 Å². The normalized spacial score (nSPS) is 16.7. The molecule has 0 atom stereocenters. The lowest BCUT2D eigenvalue weighted by molar-refractivity contribution is 0.422. The van der Waals surface area contributed by atoms with Gasteiger partial charge in [-0.2, -0.15) is 4.68 Å². The number of hydrogen-bond donors (Lipinski definition) is 0. The minimum Gasteiger partial charge on any atom is -0.196 e. The van der Waals surface area contributed by atoms with Crippen molar-refractivity contribution in [3.05, 3.63) is 34.1 Å². The molecule has 0 amide bonds. The summed E-state index contributed by atoms with van der Waals surface area (Å²) in [6.45, 7) is 2.08. The molecule has 1 fully saturated rings. The van der Waals surface area contributed by atoms with E-state index in [0.717, 1.165) is 16.0 Å². The lowest BCUT2D eigenvalue weighted by Gasteiger charge is -2.20. The summed E-state index contributed by atoms with van der Waals surface area (Å²) in [5, 5.41) is 12.3. The third kappa shape index (κ3) is 2.56. The molecule has 1 aliphatic rings. The Kier molecular flexibility index (Phi) is 3.64. The molecule has 1 aliphatic carbocycles. The molecule has 0 unspecified atom stereocenters. The number of benzene rings is 1. The molecule has 100 valence electrons. The van der Waals surface area contributed by atoms with Gasteiger partial charge >= 0.3 is 0 Å². The lowest BCUT2D eigenvalue weighted by Crippen LogP contribution is -2.12. The molecule has 0 saturated heterocycles. The Balaban J connectivity index is 2.01. The molecular formula is C14H17BrN4. The van der Waals surface area contributed by atoms with Crippen LogP contribution in [0.3, 0.4) is 0 Å². The van der Waals surface area contributed by atoms with Crippen molar-refractivity contribution < 1.29 is 0 Å². The maximum absolute atomic E-state index is 4.27. The molecule has 1 aromatic carbocycles. The van der Waals surface area contributed by atoms with Crippen LogP contribution in [-0.2, 0) is 0 Å². The Morgan fingerprint density at radius 1 is 1.21 bits per heavy atom. The van der Waals surface area contributed by atoms with Gasteiger partial charge in [-0.15, -0.1) is 5.10 Å². The molecule has 5 heteroatoms. The van der Waals surface area contributed by atoms with Gasteiger partial charge in [0.25, 0.3) is 0 Å². The van der Waals surface area contributed by atoms with Crippen molar-refractivity contribution in [2.75, 3.05) is 0 Å². The topological polar surface area (TPSA) is 43.6 Å². The van der Waals surface area contributed by atoms with Crippen LogP contribution in [0.4, 0.5) is 0 Å². The van der Waals surface area contributed by atoms with Gasteiger partial charge in [-0.3, -0.25) is 0 Å². The van der Waals surface area contributed by atoms with Gasteiger partial charge in [0.05, 0.1) is 5.69 Å². The van der Waals surface area contributed by atoms with E-state index in [9.17, 15) is 0 Å². The zero-order valence-corrected chi connectivity index (χ0v) is 12.6. The second-order valence-corrected chi connectivity index (χ2v) is 6.09. The molecule has 0 bridgehead atoms. The van der Waals surface area contributed by atoms with Gasteiger partial charge in [0.2, 0.25) is 0 Å². The SMILES string of the molecule is Cc1ccc(Br)c(-n2nnnc2C2CCCCC2)c1. The minimum atomic E-state index is 0.496. The van der Waals surface area contributed by atoms with E-state index < -0.39 is 0 Å². The van der Waals surface area contributed by atoms with Crippen molar-refractivity contribution in [3.8, 4) is 5.69 Å². The number of tetrazole rings is 1. The van der Waals surface area contributed by atoms with Crippen LogP contribution in [0, 0.1) is 6.92 Å². The molecule has 19 heavy (non-hydrogen) atoms. The van der Waals surface area contributed by atoms with E-state index in [1.807, 2.05) is 4.68 Å². The maximum Gasteiger partial charge on any atom is 0.159 e. The Bertz CT molecular complexity index is 573. The van der Waals surface area contributed by atoms with Crippen molar-refractivity contribution in [2.24, 2.45) is 0 Å². The summed E-state index contributed by atoms with van der Waals surface area (Å²) in [5.41, 5.74) is 2.24. The lowest BCUT2D eigenvalue weighted by atomic mass is 9.88. The second-order valence-electron chi connectivity index (χ2n) is 5.24. The minimum absolute atomic E-state index is 0.496. The van der Waals surface area contributed by atoms with Crippen molar-refractivity contribution in [1.29, 1.82) is 0 Å². The third-order valence-corrected chi connectivity index (χ3v) is 4.46. The molecule has 4 nitrogen and oxygen atoms in total. The molecule has 1 heterocycles. The Morgan fingerprint density at radius 2 is 2.00 bits per heavy atom. The molecule has 1 saturated carbocycles. The van der Waals surface area contributed by atoms with Crippen molar-refractivity contribution >= 4 is 15.9 Å². The van der Waals surface area contributed by atoms with E-state index >= 15 is 0 Å². The highest BCUT2D eigenvalue weighted by molar-refractivity contribution is 9.10. The van der Waals surface area contributed by atoms with Crippen LogP contribution < -0.4 is 0 Å². The van der Waals surface area contributed by atoms with E-state index in [2.05, 4.69) is 56.6 Å². The van der Waals surface area contributed by atoms with Gasteiger partial charge in [0.15, 0.2) is 5.82 Å². The second kappa shape index (κ2) is 5.41. The number of rotatable bonds is 2. The smallest absolute Gasteiger partial charge is 0.159 e. The number of nitrogens with zero attached hydrogens (tertiary/aromatic N) is 4. The average molecular weight is 321 g/mol. The largest absolute Gasteiger partial charge is 0.196 e. The first-order valence-corrected chi connectivity index (χ1v) is 7.60. The van der Waals surface area contributed by atoms with E-state index in [0.29, 0.717) is 5.92 Å². The molecular weight excluding hydrogens is 304 g/mol. The molecule has 3 rings (SSSR count). The molecule has 0 N–H and O–H groups in total. The highest BCUT2D eigenvalue weighted by atomic mass is 79.9. The van der Waals surface area contributed by atoms with Gasteiger partial charge in [0, 0.05) is 10.4 Å². The van der Waals surface area contributed by atoms with Crippen LogP contribution in [-0.4, -0.2) is 20.2 Å². The van der Waals surface area contributed by atoms with Gasteiger partial charge in [0.1, 0.15) is 0 Å². The fourth-order valence-corrected chi connectivity index (χ4v) is 3.18. The summed E-state index contributed by atoms with van der Waals surface area (Å²) < 4.78 is 2.93. The van der Waals surface area contributed by atoms with E-state index in [1.54, 1.807) is 0 Å². The summed E-state index contributed by atoms with van der Waals surface area (Å²) in [7, 11) is 0. The van der Waals surface area contributed by atoms with Crippen LogP contribution in [0.25, 0.3) is 5.69 Å². The first-order chi connectivity index (χ1) is 9.25. The fourth-order valence-electron chi connectivity index (χ4n) is 2.77. The highest BCUT2D eigenvalue weighted by Crippen LogP contribution is 2.33. The summed E-state index contributed by atoms with van der Waals surface area (Å²) in [4.78, 5) is 0. The molecule has 2 aromatic rings. The van der Waals surface area contributed by atoms with Crippen molar-refractivity contribution in [2.45, 2.75) is 44.9 Å². The molecule has 0 aliphatic heterocycles. The predicted molar refractivity (Wildman–Crippen MR) is 77.4 cm³/mol. The van der Waals surface area contributed by atoms with E-state index in [1.165, 1.54) is 37.7 Å². The van der Waals surface area contributed by atoms with Gasteiger partial charge in [-0.1, -0.05) is 25.3 Å². The van der Waals surface area contributed by atoms with Crippen LogP contribution in [0.1, 0.15) is 49.4 Å². The Labute approximate surface area is 121 Å². The summed E-state index contributed by atoms with van der Waals surface area (Å²) in [5.74, 6) is 1.50. The van der Waals surface area contributed by atoms with Crippen molar-refractivity contribution in [3.63, 3.8) is 0 Å². The monoisotopic (exact) mass is 320 g/mol. The Hall–Kier alpha value is -1.23. The standard InChI is InChI=1S/C14H17BrN4/c1-10-7-8-12(15)13(9-10)19-14(16-17-18-19)11-5-3-2-4-6-11/h7-9,11H,2-6H2,1H3.